The van der Waals surface area contributed by atoms with Gasteiger partial charge in [0.1, 0.15) is 0 Å². The molecule has 0 bridgehead atoms. The van der Waals surface area contributed by atoms with Crippen LogP contribution in [-0.4, -0.2) is 42.2 Å². The van der Waals surface area contributed by atoms with Crippen molar-refractivity contribution in [3.05, 3.63) is 54.4 Å². The summed E-state index contributed by atoms with van der Waals surface area (Å²) in [7, 11) is 0. The fourth-order valence-electron chi connectivity index (χ4n) is 3.06. The minimum absolute atomic E-state index is 0.130. The summed E-state index contributed by atoms with van der Waals surface area (Å²) in [5.41, 5.74) is 1.16. The van der Waals surface area contributed by atoms with E-state index in [-0.39, 0.29) is 11.9 Å². The molecule has 0 aliphatic heterocycles. The molecule has 2 aromatic heterocycles. The monoisotopic (exact) mass is 367 g/mol. The first-order valence-corrected chi connectivity index (χ1v) is 9.83. The molecule has 6 nitrogen and oxygen atoms in total. The first-order chi connectivity index (χ1) is 12.7. The van der Waals surface area contributed by atoms with Gasteiger partial charge in [0.15, 0.2) is 0 Å². The molecular formula is C19H21N5OS. The first-order valence-electron chi connectivity index (χ1n) is 8.84. The van der Waals surface area contributed by atoms with Gasteiger partial charge in [0.2, 0.25) is 11.1 Å². The molecule has 1 aliphatic rings. The molecule has 0 radical (unpaired) electrons. The molecule has 2 heterocycles. The van der Waals surface area contributed by atoms with Gasteiger partial charge in [-0.05, 0) is 37.3 Å². The molecule has 134 valence electrons. The molecule has 0 N–H and O–H groups in total. The average molecular weight is 367 g/mol. The Morgan fingerprint density at radius 2 is 2.12 bits per heavy atom. The predicted octanol–water partition coefficient (Wildman–Crippen LogP) is 3.04. The second-order valence-electron chi connectivity index (χ2n) is 6.63. The predicted molar refractivity (Wildman–Crippen MR) is 101 cm³/mol. The van der Waals surface area contributed by atoms with Gasteiger partial charge in [-0.25, -0.2) is 9.50 Å². The molecule has 3 aromatic rings. The molecule has 26 heavy (non-hydrogen) atoms. The SMILES string of the molecule is CC(C1CC1)N(Cc1ccccc1)C(=O)CSc1nc2ncccn2n1. The molecular weight excluding hydrogens is 346 g/mol. The van der Waals surface area contributed by atoms with E-state index in [1.807, 2.05) is 23.1 Å². The molecule has 0 saturated heterocycles. The highest BCUT2D eigenvalue weighted by molar-refractivity contribution is 7.99. The standard InChI is InChI=1S/C19H21N5OS/c1-14(16-8-9-16)23(12-15-6-3-2-4-7-15)17(25)13-26-19-21-18-20-10-5-11-24(18)22-19/h2-7,10-11,14,16H,8-9,12-13H2,1H3. The van der Waals surface area contributed by atoms with E-state index < -0.39 is 0 Å². The Morgan fingerprint density at radius 1 is 1.31 bits per heavy atom. The van der Waals surface area contributed by atoms with Gasteiger partial charge in [-0.15, -0.1) is 5.10 Å². The molecule has 1 amide bonds. The molecule has 1 aromatic carbocycles. The highest BCUT2D eigenvalue weighted by Gasteiger charge is 2.34. The molecule has 0 spiro atoms. The lowest BCUT2D eigenvalue weighted by Crippen LogP contribution is -2.40. The van der Waals surface area contributed by atoms with Crippen LogP contribution < -0.4 is 0 Å². The van der Waals surface area contributed by atoms with E-state index in [2.05, 4.69) is 34.1 Å². The van der Waals surface area contributed by atoms with Crippen LogP contribution >= 0.6 is 11.8 Å². The van der Waals surface area contributed by atoms with Gasteiger partial charge in [-0.3, -0.25) is 4.79 Å². The Bertz CT molecular complexity index is 860. The number of thioether (sulfide) groups is 1. The van der Waals surface area contributed by atoms with Gasteiger partial charge >= 0.3 is 0 Å². The summed E-state index contributed by atoms with van der Waals surface area (Å²) in [4.78, 5) is 23.5. The molecule has 1 atom stereocenters. The van der Waals surface area contributed by atoms with E-state index in [0.717, 1.165) is 5.56 Å². The van der Waals surface area contributed by atoms with E-state index in [4.69, 9.17) is 0 Å². The fraction of sp³-hybridized carbons (Fsp3) is 0.368. The van der Waals surface area contributed by atoms with E-state index >= 15 is 0 Å². The van der Waals surface area contributed by atoms with Crippen molar-refractivity contribution in [2.45, 2.75) is 37.5 Å². The van der Waals surface area contributed by atoms with Gasteiger partial charge in [0.05, 0.1) is 5.75 Å². The Kier molecular flexibility index (Phi) is 4.88. The molecule has 1 saturated carbocycles. The number of nitrogens with zero attached hydrogens (tertiary/aromatic N) is 5. The summed E-state index contributed by atoms with van der Waals surface area (Å²) in [6.45, 7) is 2.81. The number of hydrogen-bond acceptors (Lipinski definition) is 5. The highest BCUT2D eigenvalue weighted by Crippen LogP contribution is 2.36. The van der Waals surface area contributed by atoms with Crippen molar-refractivity contribution < 1.29 is 4.79 Å². The van der Waals surface area contributed by atoms with Crippen molar-refractivity contribution in [1.29, 1.82) is 0 Å². The normalized spacial score (nSPS) is 15.1. The van der Waals surface area contributed by atoms with Crippen molar-refractivity contribution in [2.24, 2.45) is 5.92 Å². The summed E-state index contributed by atoms with van der Waals surface area (Å²) in [5.74, 6) is 1.64. The number of benzene rings is 1. The summed E-state index contributed by atoms with van der Waals surface area (Å²) in [6, 6.07) is 12.2. The molecule has 1 unspecified atom stereocenters. The van der Waals surface area contributed by atoms with Crippen LogP contribution in [0.4, 0.5) is 0 Å². The van der Waals surface area contributed by atoms with Crippen molar-refractivity contribution in [3.8, 4) is 0 Å². The maximum atomic E-state index is 12.9. The topological polar surface area (TPSA) is 63.4 Å². The minimum Gasteiger partial charge on any atom is -0.335 e. The number of hydrogen-bond donors (Lipinski definition) is 0. The zero-order valence-electron chi connectivity index (χ0n) is 14.7. The second-order valence-corrected chi connectivity index (χ2v) is 7.58. The zero-order valence-corrected chi connectivity index (χ0v) is 15.5. The molecule has 1 aliphatic carbocycles. The van der Waals surface area contributed by atoms with Crippen molar-refractivity contribution >= 4 is 23.4 Å². The largest absolute Gasteiger partial charge is 0.335 e. The molecule has 4 rings (SSSR count). The fourth-order valence-corrected chi connectivity index (χ4v) is 3.77. The van der Waals surface area contributed by atoms with Crippen LogP contribution in [-0.2, 0) is 11.3 Å². The molecule has 7 heteroatoms. The second kappa shape index (κ2) is 7.45. The number of amides is 1. The Balaban J connectivity index is 1.44. The summed E-state index contributed by atoms with van der Waals surface area (Å²) < 4.78 is 1.63. The van der Waals surface area contributed by atoms with Gasteiger partial charge in [0.25, 0.3) is 5.78 Å². The Hall–Kier alpha value is -2.41. The summed E-state index contributed by atoms with van der Waals surface area (Å²) in [5, 5.41) is 4.94. The number of fused-ring (bicyclic) bond motifs is 1. The number of rotatable bonds is 7. The van der Waals surface area contributed by atoms with Crippen molar-refractivity contribution in [2.75, 3.05) is 5.75 Å². The van der Waals surface area contributed by atoms with Crippen LogP contribution in [0.15, 0.2) is 53.9 Å². The van der Waals surface area contributed by atoms with E-state index in [0.29, 0.717) is 29.1 Å². The van der Waals surface area contributed by atoms with E-state index in [1.165, 1.54) is 24.6 Å². The number of aromatic nitrogens is 4. The van der Waals surface area contributed by atoms with Crippen LogP contribution in [0.2, 0.25) is 0 Å². The lowest BCUT2D eigenvalue weighted by molar-refractivity contribution is -0.131. The lowest BCUT2D eigenvalue weighted by atomic mass is 10.1. The van der Waals surface area contributed by atoms with Crippen molar-refractivity contribution in [1.82, 2.24) is 24.5 Å². The first kappa shape index (κ1) is 17.0. The van der Waals surface area contributed by atoms with Crippen LogP contribution in [0.25, 0.3) is 5.78 Å². The lowest BCUT2D eigenvalue weighted by Gasteiger charge is -2.29. The Morgan fingerprint density at radius 3 is 2.85 bits per heavy atom. The van der Waals surface area contributed by atoms with Crippen LogP contribution in [0.1, 0.15) is 25.3 Å². The third kappa shape index (κ3) is 3.88. The number of carbonyl (C=O) groups excluding carboxylic acids is 1. The number of carbonyl (C=O) groups is 1. The van der Waals surface area contributed by atoms with Crippen LogP contribution in [0.5, 0.6) is 0 Å². The minimum atomic E-state index is 0.130. The van der Waals surface area contributed by atoms with Gasteiger partial charge in [0, 0.05) is 25.0 Å². The Labute approximate surface area is 156 Å². The van der Waals surface area contributed by atoms with Gasteiger partial charge in [-0.2, -0.15) is 4.98 Å². The average Bonchev–Trinajstić information content (AvgIpc) is 3.44. The van der Waals surface area contributed by atoms with Crippen LogP contribution in [0, 0.1) is 5.92 Å². The maximum Gasteiger partial charge on any atom is 0.253 e. The zero-order chi connectivity index (χ0) is 17.9. The van der Waals surface area contributed by atoms with Gasteiger partial charge < -0.3 is 4.90 Å². The maximum absolute atomic E-state index is 12.9. The third-order valence-electron chi connectivity index (χ3n) is 4.73. The summed E-state index contributed by atoms with van der Waals surface area (Å²) in [6.07, 6.45) is 5.92. The van der Waals surface area contributed by atoms with Gasteiger partial charge in [-0.1, -0.05) is 42.1 Å². The smallest absolute Gasteiger partial charge is 0.253 e. The van der Waals surface area contributed by atoms with Crippen molar-refractivity contribution in [3.63, 3.8) is 0 Å². The van der Waals surface area contributed by atoms with Crippen LogP contribution in [0.3, 0.4) is 0 Å². The van der Waals surface area contributed by atoms with E-state index in [1.54, 1.807) is 23.0 Å². The summed E-state index contributed by atoms with van der Waals surface area (Å²) >= 11 is 1.37. The van der Waals surface area contributed by atoms with E-state index in [9.17, 15) is 4.79 Å². The highest BCUT2D eigenvalue weighted by atomic mass is 32.2. The quantitative estimate of drug-likeness (QED) is 0.601. The molecule has 1 fully saturated rings. The third-order valence-corrected chi connectivity index (χ3v) is 5.56.